The van der Waals surface area contributed by atoms with Crippen LogP contribution in [0.2, 0.25) is 0 Å². The summed E-state index contributed by atoms with van der Waals surface area (Å²) in [5.41, 5.74) is 1.98. The van der Waals surface area contributed by atoms with Crippen molar-refractivity contribution in [2.24, 2.45) is 17.3 Å². The van der Waals surface area contributed by atoms with Crippen LogP contribution in [-0.4, -0.2) is 29.1 Å². The van der Waals surface area contributed by atoms with Gasteiger partial charge in [0, 0.05) is 17.9 Å². The van der Waals surface area contributed by atoms with E-state index in [0.29, 0.717) is 35.7 Å². The fourth-order valence-electron chi connectivity index (χ4n) is 4.39. The van der Waals surface area contributed by atoms with Gasteiger partial charge in [0.05, 0.1) is 7.11 Å². The molecule has 0 saturated heterocycles. The van der Waals surface area contributed by atoms with Gasteiger partial charge in [0.2, 0.25) is 0 Å². The zero-order valence-corrected chi connectivity index (χ0v) is 18.5. The number of aryl methyl sites for hydroxylation is 1. The number of hydrogen-bond acceptors (Lipinski definition) is 5. The lowest BCUT2D eigenvalue weighted by Crippen LogP contribution is -2.41. The maximum Gasteiger partial charge on any atom is 0.341 e. The average Bonchev–Trinajstić information content (AvgIpc) is 2.67. The Kier molecular flexibility index (Phi) is 7.15. The summed E-state index contributed by atoms with van der Waals surface area (Å²) in [7, 11) is 1.26. The first-order valence-corrected chi connectivity index (χ1v) is 10.3. The number of allylic oxidation sites excluding steroid dienone is 2. The van der Waals surface area contributed by atoms with E-state index in [0.717, 1.165) is 24.8 Å². The van der Waals surface area contributed by atoms with Crippen molar-refractivity contribution in [3.63, 3.8) is 0 Å². The highest BCUT2D eigenvalue weighted by Gasteiger charge is 2.42. The molecule has 3 atom stereocenters. The number of ketones is 1. The number of phenolic OH excluding ortho intramolecular Hbond substituents is 2. The van der Waals surface area contributed by atoms with Crippen LogP contribution in [0.15, 0.2) is 17.7 Å². The number of methoxy groups -OCH3 is 1. The molecule has 0 unspecified atom stereocenters. The van der Waals surface area contributed by atoms with Crippen LogP contribution < -0.4 is 0 Å². The molecule has 0 aromatic heterocycles. The molecule has 160 valence electrons. The number of hydrogen-bond donors (Lipinski definition) is 2. The smallest absolute Gasteiger partial charge is 0.341 e. The SMILES string of the molecule is COC(=O)c1c(C)cc(O)c(C/C=C(\C)CC[C@@]2(C)[C@H](C)CCC(=O)[C@@H]2C)c1O. The Hall–Kier alpha value is -2.30. The van der Waals surface area contributed by atoms with E-state index in [1.807, 2.05) is 19.9 Å². The molecule has 0 amide bonds. The highest BCUT2D eigenvalue weighted by Crippen LogP contribution is 2.47. The first-order chi connectivity index (χ1) is 13.5. The fraction of sp³-hybridized carbons (Fsp3) is 0.583. The monoisotopic (exact) mass is 402 g/mol. The van der Waals surface area contributed by atoms with Crippen LogP contribution in [-0.2, 0) is 16.0 Å². The molecule has 2 N–H and O–H groups in total. The Morgan fingerprint density at radius 3 is 2.62 bits per heavy atom. The number of rotatable bonds is 6. The lowest BCUT2D eigenvalue weighted by Gasteiger charge is -2.44. The van der Waals surface area contributed by atoms with Gasteiger partial charge in [-0.2, -0.15) is 0 Å². The van der Waals surface area contributed by atoms with Crippen LogP contribution in [0.1, 0.15) is 74.9 Å². The minimum Gasteiger partial charge on any atom is -0.508 e. The van der Waals surface area contributed by atoms with Gasteiger partial charge in [-0.1, -0.05) is 32.4 Å². The topological polar surface area (TPSA) is 83.8 Å². The van der Waals surface area contributed by atoms with Gasteiger partial charge in [0.15, 0.2) is 0 Å². The summed E-state index contributed by atoms with van der Waals surface area (Å²) in [5.74, 6) is 0.0220. The molecular formula is C24H34O5. The third-order valence-corrected chi connectivity index (χ3v) is 7.10. The van der Waals surface area contributed by atoms with Crippen LogP contribution in [0.25, 0.3) is 0 Å². The molecule has 0 heterocycles. The highest BCUT2D eigenvalue weighted by atomic mass is 16.5. The summed E-state index contributed by atoms with van der Waals surface area (Å²) in [6.45, 7) is 10.2. The third kappa shape index (κ3) is 4.65. The van der Waals surface area contributed by atoms with Crippen LogP contribution in [0, 0.1) is 24.2 Å². The number of benzene rings is 1. The number of aromatic hydroxyl groups is 2. The van der Waals surface area contributed by atoms with Gasteiger partial charge in [0.1, 0.15) is 22.8 Å². The maximum absolute atomic E-state index is 12.2. The fourth-order valence-corrected chi connectivity index (χ4v) is 4.39. The molecule has 2 rings (SSSR count). The van der Waals surface area contributed by atoms with Crippen molar-refractivity contribution in [3.8, 4) is 11.5 Å². The van der Waals surface area contributed by atoms with Crippen molar-refractivity contribution in [2.45, 2.75) is 66.7 Å². The van der Waals surface area contributed by atoms with Crippen LogP contribution >= 0.6 is 0 Å². The van der Waals surface area contributed by atoms with E-state index in [1.165, 1.54) is 13.2 Å². The molecule has 1 aromatic carbocycles. The van der Waals surface area contributed by atoms with Crippen molar-refractivity contribution in [1.29, 1.82) is 0 Å². The van der Waals surface area contributed by atoms with Gasteiger partial charge >= 0.3 is 5.97 Å². The number of Topliss-reactive ketones (excluding diaryl/α,β-unsaturated/α-hetero) is 1. The lowest BCUT2D eigenvalue weighted by atomic mass is 9.59. The quantitative estimate of drug-likeness (QED) is 0.511. The Morgan fingerprint density at radius 1 is 1.34 bits per heavy atom. The molecule has 1 aromatic rings. The molecule has 0 spiro atoms. The summed E-state index contributed by atoms with van der Waals surface area (Å²) in [4.78, 5) is 24.2. The molecule has 5 nitrogen and oxygen atoms in total. The van der Waals surface area contributed by atoms with E-state index in [9.17, 15) is 19.8 Å². The van der Waals surface area contributed by atoms with E-state index < -0.39 is 5.97 Å². The van der Waals surface area contributed by atoms with Crippen LogP contribution in [0.4, 0.5) is 0 Å². The van der Waals surface area contributed by atoms with E-state index in [1.54, 1.807) is 6.92 Å². The number of carbonyl (C=O) groups excluding carboxylic acids is 2. The second-order valence-corrected chi connectivity index (χ2v) is 8.79. The van der Waals surface area contributed by atoms with Gasteiger partial charge < -0.3 is 14.9 Å². The minimum absolute atomic E-state index is 0.0172. The molecule has 0 aliphatic heterocycles. The van der Waals surface area contributed by atoms with Gasteiger partial charge in [0.25, 0.3) is 0 Å². The zero-order chi connectivity index (χ0) is 21.9. The van der Waals surface area contributed by atoms with Crippen LogP contribution in [0.5, 0.6) is 11.5 Å². The molecule has 1 aliphatic rings. The molecule has 0 bridgehead atoms. The van der Waals surface area contributed by atoms with Crippen LogP contribution in [0.3, 0.4) is 0 Å². The van der Waals surface area contributed by atoms with E-state index >= 15 is 0 Å². The predicted octanol–water partition coefficient (Wildman–Crippen LogP) is 5.10. The number of phenols is 2. The molecule has 29 heavy (non-hydrogen) atoms. The second kappa shape index (κ2) is 9.02. The van der Waals surface area contributed by atoms with Crippen molar-refractivity contribution in [2.75, 3.05) is 7.11 Å². The Morgan fingerprint density at radius 2 is 2.00 bits per heavy atom. The molecule has 1 aliphatic carbocycles. The minimum atomic E-state index is -0.625. The zero-order valence-electron chi connectivity index (χ0n) is 18.5. The van der Waals surface area contributed by atoms with E-state index in [2.05, 4.69) is 13.8 Å². The number of carbonyl (C=O) groups is 2. The molecule has 1 saturated carbocycles. The lowest BCUT2D eigenvalue weighted by molar-refractivity contribution is -0.132. The summed E-state index contributed by atoms with van der Waals surface area (Å²) in [6, 6.07) is 1.47. The third-order valence-electron chi connectivity index (χ3n) is 7.10. The number of ether oxygens (including phenoxy) is 1. The van der Waals surface area contributed by atoms with Crippen molar-refractivity contribution >= 4 is 11.8 Å². The summed E-state index contributed by atoms with van der Waals surface area (Å²) in [5, 5.41) is 20.8. The summed E-state index contributed by atoms with van der Waals surface area (Å²) in [6.07, 6.45) is 5.67. The Labute approximate surface area is 173 Å². The Bertz CT molecular complexity index is 823. The standard InChI is InChI=1S/C24H34O5/c1-14(11-12-24(5)16(3)8-10-19(25)17(24)4)7-9-18-20(26)13-15(2)21(22(18)27)23(28)29-6/h7,13,16-17,26-27H,8-12H2,1-6H3/b14-7+/t16-,17+,24+/m1/s1. The van der Waals surface area contributed by atoms with Gasteiger partial charge in [-0.15, -0.1) is 0 Å². The summed E-state index contributed by atoms with van der Waals surface area (Å²) < 4.78 is 4.74. The normalized spacial score (nSPS) is 25.2. The first kappa shape index (κ1) is 23.0. The van der Waals surface area contributed by atoms with Crippen molar-refractivity contribution in [3.05, 3.63) is 34.4 Å². The largest absolute Gasteiger partial charge is 0.508 e. The maximum atomic E-state index is 12.2. The van der Waals surface area contributed by atoms with Gasteiger partial charge in [-0.05, 0) is 62.5 Å². The predicted molar refractivity (Wildman–Crippen MR) is 113 cm³/mol. The number of esters is 1. The molecule has 1 fully saturated rings. The first-order valence-electron chi connectivity index (χ1n) is 10.3. The molecule has 0 radical (unpaired) electrons. The van der Waals surface area contributed by atoms with Crippen molar-refractivity contribution in [1.82, 2.24) is 0 Å². The average molecular weight is 403 g/mol. The Balaban J connectivity index is 2.16. The second-order valence-electron chi connectivity index (χ2n) is 8.79. The van der Waals surface area contributed by atoms with E-state index in [4.69, 9.17) is 4.74 Å². The summed E-state index contributed by atoms with van der Waals surface area (Å²) >= 11 is 0. The molecule has 5 heteroatoms. The van der Waals surface area contributed by atoms with Gasteiger partial charge in [-0.25, -0.2) is 4.79 Å². The van der Waals surface area contributed by atoms with Crippen molar-refractivity contribution < 1.29 is 24.5 Å². The van der Waals surface area contributed by atoms with E-state index in [-0.39, 0.29) is 28.4 Å². The highest BCUT2D eigenvalue weighted by molar-refractivity contribution is 5.95. The molecular weight excluding hydrogens is 368 g/mol. The van der Waals surface area contributed by atoms with Gasteiger partial charge in [-0.3, -0.25) is 4.79 Å².